The van der Waals surface area contributed by atoms with E-state index in [9.17, 15) is 14.0 Å². The van der Waals surface area contributed by atoms with Crippen molar-refractivity contribution in [3.05, 3.63) is 114 Å². The number of benzene rings is 4. The molecule has 4 aromatic rings. The number of likely N-dealkylation sites (N-methyl/N-ethyl adjacent to an activating group) is 1. The van der Waals surface area contributed by atoms with Crippen LogP contribution in [0, 0.1) is 5.82 Å². The van der Waals surface area contributed by atoms with E-state index in [0.29, 0.717) is 12.1 Å². The van der Waals surface area contributed by atoms with Crippen molar-refractivity contribution in [1.29, 1.82) is 0 Å². The summed E-state index contributed by atoms with van der Waals surface area (Å²) in [6.45, 7) is 0. The van der Waals surface area contributed by atoms with Gasteiger partial charge in [-0.1, -0.05) is 78.9 Å². The lowest BCUT2D eigenvalue weighted by atomic mass is 10.0. The molecule has 1 N–H and O–H groups in total. The molecule has 0 heterocycles. The van der Waals surface area contributed by atoms with Crippen molar-refractivity contribution < 1.29 is 14.0 Å². The van der Waals surface area contributed by atoms with Gasteiger partial charge in [0.15, 0.2) is 0 Å². The van der Waals surface area contributed by atoms with Crippen LogP contribution < -0.4 is 10.2 Å². The molecule has 0 aliphatic rings. The predicted molar refractivity (Wildman–Crippen MR) is 130 cm³/mol. The standard InChI is InChI=1S/C28H25FN2O2/c1-31(24-15-8-14-23(29)19-24)28(33)26(17-20-9-3-2-4-10-20)30-27(32)18-22-13-7-12-21-11-5-6-16-25(21)22/h2-16,19,26H,17-18H2,1H3,(H,30,32). The Morgan fingerprint density at radius 3 is 2.36 bits per heavy atom. The molecule has 0 aliphatic carbocycles. The fraction of sp³-hybridized carbons (Fsp3) is 0.143. The predicted octanol–water partition coefficient (Wildman–Crippen LogP) is 4.91. The maximum absolute atomic E-state index is 13.7. The summed E-state index contributed by atoms with van der Waals surface area (Å²) in [5.74, 6) is -0.976. The highest BCUT2D eigenvalue weighted by Gasteiger charge is 2.25. The minimum Gasteiger partial charge on any atom is -0.344 e. The van der Waals surface area contributed by atoms with Gasteiger partial charge < -0.3 is 10.2 Å². The van der Waals surface area contributed by atoms with E-state index in [-0.39, 0.29) is 18.2 Å². The molecule has 0 spiro atoms. The zero-order valence-corrected chi connectivity index (χ0v) is 18.4. The third kappa shape index (κ3) is 5.44. The quantitative estimate of drug-likeness (QED) is 0.444. The molecule has 4 aromatic carbocycles. The molecule has 0 fully saturated rings. The first-order valence-electron chi connectivity index (χ1n) is 10.8. The fourth-order valence-corrected chi connectivity index (χ4v) is 3.96. The van der Waals surface area contributed by atoms with Crippen LogP contribution in [0.25, 0.3) is 10.8 Å². The number of hydrogen-bond acceptors (Lipinski definition) is 2. The van der Waals surface area contributed by atoms with Crippen LogP contribution >= 0.6 is 0 Å². The molecule has 4 rings (SSSR count). The van der Waals surface area contributed by atoms with E-state index >= 15 is 0 Å². The van der Waals surface area contributed by atoms with E-state index in [1.165, 1.54) is 17.0 Å². The van der Waals surface area contributed by atoms with Crippen molar-refractivity contribution in [2.45, 2.75) is 18.9 Å². The van der Waals surface area contributed by atoms with Gasteiger partial charge in [0.1, 0.15) is 11.9 Å². The molecular formula is C28H25FN2O2. The molecule has 0 radical (unpaired) electrons. The first kappa shape index (κ1) is 22.2. The van der Waals surface area contributed by atoms with E-state index in [0.717, 1.165) is 21.9 Å². The smallest absolute Gasteiger partial charge is 0.249 e. The first-order chi connectivity index (χ1) is 16.0. The summed E-state index contributed by atoms with van der Waals surface area (Å²) in [5, 5.41) is 4.99. The molecule has 4 nitrogen and oxygen atoms in total. The van der Waals surface area contributed by atoms with Gasteiger partial charge in [0.25, 0.3) is 0 Å². The summed E-state index contributed by atoms with van der Waals surface area (Å²) < 4.78 is 13.7. The Bertz CT molecular complexity index is 1270. The van der Waals surface area contributed by atoms with Crippen LogP contribution in [0.4, 0.5) is 10.1 Å². The van der Waals surface area contributed by atoms with Crippen LogP contribution in [0.2, 0.25) is 0 Å². The summed E-state index contributed by atoms with van der Waals surface area (Å²) in [7, 11) is 1.59. The number of carbonyl (C=O) groups is 2. The lowest BCUT2D eigenvalue weighted by molar-refractivity contribution is -0.127. The Hall–Kier alpha value is -3.99. The van der Waals surface area contributed by atoms with Crippen LogP contribution in [-0.2, 0) is 22.4 Å². The molecule has 5 heteroatoms. The van der Waals surface area contributed by atoms with E-state index in [4.69, 9.17) is 0 Å². The average Bonchev–Trinajstić information content (AvgIpc) is 2.83. The number of anilines is 1. The number of fused-ring (bicyclic) bond motifs is 1. The highest BCUT2D eigenvalue weighted by molar-refractivity contribution is 5.99. The zero-order valence-electron chi connectivity index (χ0n) is 18.4. The second-order valence-electron chi connectivity index (χ2n) is 8.00. The van der Waals surface area contributed by atoms with Gasteiger partial charge in [-0.3, -0.25) is 9.59 Å². The van der Waals surface area contributed by atoms with Gasteiger partial charge >= 0.3 is 0 Å². The summed E-state index contributed by atoms with van der Waals surface area (Å²) in [6.07, 6.45) is 0.490. The fourth-order valence-electron chi connectivity index (χ4n) is 3.96. The van der Waals surface area contributed by atoms with Crippen molar-refractivity contribution in [1.82, 2.24) is 5.32 Å². The van der Waals surface area contributed by atoms with Crippen molar-refractivity contribution in [2.24, 2.45) is 0 Å². The molecule has 2 amide bonds. The average molecular weight is 441 g/mol. The molecule has 1 atom stereocenters. The molecule has 0 aliphatic heterocycles. The number of amides is 2. The van der Waals surface area contributed by atoms with E-state index in [1.807, 2.05) is 72.8 Å². The van der Waals surface area contributed by atoms with Gasteiger partial charge in [0.2, 0.25) is 11.8 Å². The van der Waals surface area contributed by atoms with E-state index < -0.39 is 11.9 Å². The Morgan fingerprint density at radius 2 is 1.58 bits per heavy atom. The molecule has 166 valence electrons. The Labute approximate surface area is 192 Å². The van der Waals surface area contributed by atoms with Crippen LogP contribution in [-0.4, -0.2) is 24.9 Å². The van der Waals surface area contributed by atoms with Crippen LogP contribution in [0.1, 0.15) is 11.1 Å². The van der Waals surface area contributed by atoms with Crippen LogP contribution in [0.15, 0.2) is 97.1 Å². The molecule has 0 saturated carbocycles. The van der Waals surface area contributed by atoms with Crippen molar-refractivity contribution in [2.75, 3.05) is 11.9 Å². The summed E-state index contributed by atoms with van der Waals surface area (Å²) in [4.78, 5) is 27.8. The Morgan fingerprint density at radius 1 is 0.879 bits per heavy atom. The van der Waals surface area contributed by atoms with Gasteiger partial charge in [0.05, 0.1) is 6.42 Å². The SMILES string of the molecule is CN(C(=O)C(Cc1ccccc1)NC(=O)Cc1cccc2ccccc12)c1cccc(F)c1. The van der Waals surface area contributed by atoms with Crippen molar-refractivity contribution >= 4 is 28.3 Å². The maximum atomic E-state index is 13.7. The second-order valence-corrected chi connectivity index (χ2v) is 8.00. The van der Waals surface area contributed by atoms with E-state index in [2.05, 4.69) is 5.32 Å². The van der Waals surface area contributed by atoms with Crippen LogP contribution in [0.5, 0.6) is 0 Å². The molecule has 0 aromatic heterocycles. The summed E-state index contributed by atoms with van der Waals surface area (Å²) in [6, 6.07) is 28.3. The lowest BCUT2D eigenvalue weighted by Gasteiger charge is -2.25. The highest BCUT2D eigenvalue weighted by Crippen LogP contribution is 2.20. The van der Waals surface area contributed by atoms with Gasteiger partial charge in [-0.15, -0.1) is 0 Å². The third-order valence-electron chi connectivity index (χ3n) is 5.67. The number of nitrogens with zero attached hydrogens (tertiary/aromatic N) is 1. The molecule has 0 bridgehead atoms. The van der Waals surface area contributed by atoms with Gasteiger partial charge in [-0.2, -0.15) is 0 Å². The zero-order chi connectivity index (χ0) is 23.2. The topological polar surface area (TPSA) is 49.4 Å². The largest absolute Gasteiger partial charge is 0.344 e. The van der Waals surface area contributed by atoms with Gasteiger partial charge in [-0.25, -0.2) is 4.39 Å². The molecule has 0 saturated heterocycles. The monoisotopic (exact) mass is 440 g/mol. The Kier molecular flexibility index (Phi) is 6.79. The minimum atomic E-state index is -0.789. The third-order valence-corrected chi connectivity index (χ3v) is 5.67. The lowest BCUT2D eigenvalue weighted by Crippen LogP contribution is -2.49. The Balaban J connectivity index is 1.56. The summed E-state index contributed by atoms with van der Waals surface area (Å²) in [5.41, 5.74) is 2.25. The summed E-state index contributed by atoms with van der Waals surface area (Å²) >= 11 is 0. The van der Waals surface area contributed by atoms with Crippen LogP contribution in [0.3, 0.4) is 0 Å². The van der Waals surface area contributed by atoms with E-state index in [1.54, 1.807) is 19.2 Å². The number of carbonyl (C=O) groups excluding carboxylic acids is 2. The van der Waals surface area contributed by atoms with Crippen molar-refractivity contribution in [3.63, 3.8) is 0 Å². The number of hydrogen-bond donors (Lipinski definition) is 1. The molecule has 1 unspecified atom stereocenters. The first-order valence-corrected chi connectivity index (χ1v) is 10.8. The number of halogens is 1. The highest BCUT2D eigenvalue weighted by atomic mass is 19.1. The van der Waals surface area contributed by atoms with Crippen molar-refractivity contribution in [3.8, 4) is 0 Å². The number of nitrogens with one attached hydrogen (secondary N) is 1. The second kappa shape index (κ2) is 10.1. The number of rotatable bonds is 7. The molecule has 33 heavy (non-hydrogen) atoms. The molecular weight excluding hydrogens is 415 g/mol. The van der Waals surface area contributed by atoms with Gasteiger partial charge in [-0.05, 0) is 40.1 Å². The maximum Gasteiger partial charge on any atom is 0.249 e. The minimum absolute atomic E-state index is 0.156. The normalized spacial score (nSPS) is 11.7. The van der Waals surface area contributed by atoms with Gasteiger partial charge in [0, 0.05) is 19.2 Å².